The van der Waals surface area contributed by atoms with Gasteiger partial charge < -0.3 is 16.5 Å². The van der Waals surface area contributed by atoms with Crippen molar-refractivity contribution in [2.24, 2.45) is 11.5 Å². The summed E-state index contributed by atoms with van der Waals surface area (Å²) in [5, 5.41) is 0.415. The van der Waals surface area contributed by atoms with E-state index in [-0.39, 0.29) is 17.4 Å². The van der Waals surface area contributed by atoms with Crippen molar-refractivity contribution in [2.75, 3.05) is 6.54 Å². The molecule has 1 saturated heterocycles. The molecule has 2 amide bonds. The minimum atomic E-state index is -0.572. The standard InChI is InChI=1S/C16H18N4O3/c17-15(22)9-3-4-12-11(6-9)14(21)7-10(19-12)8-20-5-1-2-13(20)16(18)23/h3-4,6-7,13H,1-2,5,8H2,(H2,17,22)(H2,18,23)(H,19,21)/t13-/m0/s1. The van der Waals surface area contributed by atoms with Crippen LogP contribution in [0.4, 0.5) is 0 Å². The van der Waals surface area contributed by atoms with E-state index in [0.29, 0.717) is 28.7 Å². The second-order valence-electron chi connectivity index (χ2n) is 5.81. The van der Waals surface area contributed by atoms with Gasteiger partial charge in [0.25, 0.3) is 0 Å². The van der Waals surface area contributed by atoms with Crippen LogP contribution >= 0.6 is 0 Å². The second kappa shape index (κ2) is 5.85. The number of nitrogens with two attached hydrogens (primary N) is 2. The zero-order valence-corrected chi connectivity index (χ0v) is 12.5. The minimum Gasteiger partial charge on any atom is -0.368 e. The van der Waals surface area contributed by atoms with E-state index in [9.17, 15) is 14.4 Å². The Morgan fingerprint density at radius 3 is 2.74 bits per heavy atom. The number of carbonyl (C=O) groups is 2. The number of carbonyl (C=O) groups excluding carboxylic acids is 2. The highest BCUT2D eigenvalue weighted by Crippen LogP contribution is 2.19. The largest absolute Gasteiger partial charge is 0.368 e. The Balaban J connectivity index is 1.94. The molecule has 2 aromatic rings. The normalized spacial score (nSPS) is 18.3. The van der Waals surface area contributed by atoms with Crippen molar-refractivity contribution < 1.29 is 9.59 Å². The average Bonchev–Trinajstić information content (AvgIpc) is 2.95. The maximum absolute atomic E-state index is 12.3. The number of nitrogens with one attached hydrogen (secondary N) is 1. The molecule has 0 saturated carbocycles. The lowest BCUT2D eigenvalue weighted by Crippen LogP contribution is -2.40. The van der Waals surface area contributed by atoms with Gasteiger partial charge in [-0.1, -0.05) is 0 Å². The number of aromatic amines is 1. The summed E-state index contributed by atoms with van der Waals surface area (Å²) in [5.74, 6) is -0.909. The molecule has 3 rings (SSSR count). The van der Waals surface area contributed by atoms with Crippen LogP contribution in [0.2, 0.25) is 0 Å². The molecule has 0 spiro atoms. The molecule has 1 atom stereocenters. The van der Waals surface area contributed by atoms with E-state index in [1.54, 1.807) is 12.1 Å². The van der Waals surface area contributed by atoms with E-state index in [1.165, 1.54) is 12.1 Å². The Hall–Kier alpha value is -2.67. The first-order chi connectivity index (χ1) is 11.0. The summed E-state index contributed by atoms with van der Waals surface area (Å²) in [7, 11) is 0. The van der Waals surface area contributed by atoms with Crippen LogP contribution in [0.5, 0.6) is 0 Å². The SMILES string of the molecule is NC(=O)c1ccc2[nH]c(CN3CCC[C@H]3C(N)=O)cc(=O)c2c1. The lowest BCUT2D eigenvalue weighted by Gasteiger charge is -2.21. The predicted octanol–water partition coefficient (Wildman–Crippen LogP) is 0.0767. The molecular formula is C16H18N4O3. The van der Waals surface area contributed by atoms with Crippen molar-refractivity contribution in [3.63, 3.8) is 0 Å². The number of hydrogen-bond donors (Lipinski definition) is 3. The van der Waals surface area contributed by atoms with Gasteiger partial charge in [-0.25, -0.2) is 0 Å². The summed E-state index contributed by atoms with van der Waals surface area (Å²) in [5.41, 5.74) is 12.1. The first-order valence-electron chi connectivity index (χ1n) is 7.45. The van der Waals surface area contributed by atoms with Crippen LogP contribution in [0.15, 0.2) is 29.1 Å². The monoisotopic (exact) mass is 314 g/mol. The second-order valence-corrected chi connectivity index (χ2v) is 5.81. The maximum atomic E-state index is 12.3. The van der Waals surface area contributed by atoms with Crippen LogP contribution in [-0.2, 0) is 11.3 Å². The molecule has 1 aromatic heterocycles. The van der Waals surface area contributed by atoms with Gasteiger partial charge in [-0.3, -0.25) is 19.3 Å². The van der Waals surface area contributed by atoms with Gasteiger partial charge in [0.1, 0.15) is 0 Å². The number of benzene rings is 1. The first-order valence-corrected chi connectivity index (χ1v) is 7.45. The van der Waals surface area contributed by atoms with Crippen LogP contribution in [0.1, 0.15) is 28.9 Å². The number of pyridine rings is 1. The number of aromatic nitrogens is 1. The van der Waals surface area contributed by atoms with Crippen molar-refractivity contribution in [1.82, 2.24) is 9.88 Å². The fraction of sp³-hybridized carbons (Fsp3) is 0.312. The van der Waals surface area contributed by atoms with Crippen LogP contribution < -0.4 is 16.9 Å². The summed E-state index contributed by atoms with van der Waals surface area (Å²) in [6, 6.07) is 5.93. The summed E-state index contributed by atoms with van der Waals surface area (Å²) in [4.78, 5) is 40.1. The highest BCUT2D eigenvalue weighted by atomic mass is 16.1. The molecule has 120 valence electrons. The van der Waals surface area contributed by atoms with E-state index in [1.807, 2.05) is 4.90 Å². The van der Waals surface area contributed by atoms with Gasteiger partial charge in [0, 0.05) is 34.8 Å². The van der Waals surface area contributed by atoms with Crippen LogP contribution in [-0.4, -0.2) is 34.3 Å². The van der Waals surface area contributed by atoms with Gasteiger partial charge in [-0.2, -0.15) is 0 Å². The molecule has 23 heavy (non-hydrogen) atoms. The van der Waals surface area contributed by atoms with Crippen LogP contribution in [0.3, 0.4) is 0 Å². The Kier molecular flexibility index (Phi) is 3.87. The van der Waals surface area contributed by atoms with Crippen molar-refractivity contribution >= 4 is 22.7 Å². The minimum absolute atomic E-state index is 0.188. The Morgan fingerprint density at radius 1 is 1.26 bits per heavy atom. The quantitative estimate of drug-likeness (QED) is 0.739. The van der Waals surface area contributed by atoms with E-state index < -0.39 is 5.91 Å². The molecule has 0 bridgehead atoms. The average molecular weight is 314 g/mol. The first kappa shape index (κ1) is 15.2. The smallest absolute Gasteiger partial charge is 0.248 e. The Labute approximate surface area is 132 Å². The highest BCUT2D eigenvalue weighted by molar-refractivity contribution is 5.96. The lowest BCUT2D eigenvalue weighted by atomic mass is 10.1. The molecule has 7 nitrogen and oxygen atoms in total. The fourth-order valence-electron chi connectivity index (χ4n) is 3.10. The number of rotatable bonds is 4. The number of hydrogen-bond acceptors (Lipinski definition) is 4. The van der Waals surface area contributed by atoms with E-state index in [4.69, 9.17) is 11.5 Å². The van der Waals surface area contributed by atoms with Gasteiger partial charge in [-0.15, -0.1) is 0 Å². The van der Waals surface area contributed by atoms with Gasteiger partial charge in [0.15, 0.2) is 5.43 Å². The van der Waals surface area contributed by atoms with Crippen molar-refractivity contribution in [3.8, 4) is 0 Å². The third-order valence-electron chi connectivity index (χ3n) is 4.24. The topological polar surface area (TPSA) is 122 Å². The molecule has 5 N–H and O–H groups in total. The lowest BCUT2D eigenvalue weighted by molar-refractivity contribution is -0.122. The summed E-state index contributed by atoms with van der Waals surface area (Å²) in [6.07, 6.45) is 1.66. The number of primary amides is 2. The summed E-state index contributed by atoms with van der Waals surface area (Å²) >= 11 is 0. The van der Waals surface area contributed by atoms with E-state index in [2.05, 4.69) is 4.98 Å². The molecular weight excluding hydrogens is 296 g/mol. The molecule has 1 aliphatic rings. The molecule has 1 aromatic carbocycles. The Bertz CT molecular complexity index is 843. The molecule has 1 fully saturated rings. The van der Waals surface area contributed by atoms with Crippen LogP contribution in [0, 0.1) is 0 Å². The molecule has 0 radical (unpaired) electrons. The zero-order valence-electron chi connectivity index (χ0n) is 12.5. The van der Waals surface area contributed by atoms with E-state index in [0.717, 1.165) is 19.4 Å². The highest BCUT2D eigenvalue weighted by Gasteiger charge is 2.29. The number of nitrogens with zero attached hydrogens (tertiary/aromatic N) is 1. The predicted molar refractivity (Wildman–Crippen MR) is 85.7 cm³/mol. The molecule has 0 aliphatic carbocycles. The maximum Gasteiger partial charge on any atom is 0.248 e. The molecule has 2 heterocycles. The number of H-pyrrole nitrogens is 1. The van der Waals surface area contributed by atoms with Crippen molar-refractivity contribution in [1.29, 1.82) is 0 Å². The van der Waals surface area contributed by atoms with Crippen molar-refractivity contribution in [3.05, 3.63) is 45.7 Å². The van der Waals surface area contributed by atoms with Gasteiger partial charge in [0.05, 0.1) is 6.04 Å². The van der Waals surface area contributed by atoms with Gasteiger partial charge in [0.2, 0.25) is 11.8 Å². The summed E-state index contributed by atoms with van der Waals surface area (Å²) in [6.45, 7) is 1.23. The molecule has 1 aliphatic heterocycles. The van der Waals surface area contributed by atoms with Gasteiger partial charge in [-0.05, 0) is 37.6 Å². The van der Waals surface area contributed by atoms with Gasteiger partial charge >= 0.3 is 0 Å². The number of fused-ring (bicyclic) bond motifs is 1. The fourth-order valence-corrected chi connectivity index (χ4v) is 3.10. The number of amides is 2. The Morgan fingerprint density at radius 2 is 2.04 bits per heavy atom. The molecule has 0 unspecified atom stereocenters. The number of likely N-dealkylation sites (tertiary alicyclic amines) is 1. The third kappa shape index (κ3) is 2.95. The van der Waals surface area contributed by atoms with E-state index >= 15 is 0 Å². The summed E-state index contributed by atoms with van der Waals surface area (Å²) < 4.78 is 0. The third-order valence-corrected chi connectivity index (χ3v) is 4.24. The zero-order chi connectivity index (χ0) is 16.6. The van der Waals surface area contributed by atoms with Crippen LogP contribution in [0.25, 0.3) is 10.9 Å². The van der Waals surface area contributed by atoms with Crippen molar-refractivity contribution in [2.45, 2.75) is 25.4 Å². The molecule has 7 heteroatoms.